The average molecular weight is 236 g/mol. The number of sulfonamides is 1. The Morgan fingerprint density at radius 3 is 2.46 bits per heavy atom. The third-order valence-electron chi connectivity index (χ3n) is 1.31. The third kappa shape index (κ3) is 1.94. The maximum Gasteiger partial charge on any atom is 0.470 e. The van der Waals surface area contributed by atoms with E-state index in [0.29, 0.717) is 0 Å². The van der Waals surface area contributed by atoms with E-state index in [1.54, 1.807) is 0 Å². The van der Waals surface area contributed by atoms with E-state index in [0.717, 1.165) is 0 Å². The van der Waals surface area contributed by atoms with Crippen LogP contribution in [0.3, 0.4) is 0 Å². The molecule has 0 spiro atoms. The van der Waals surface area contributed by atoms with Crippen LogP contribution < -0.4 is 0 Å². The highest BCUT2D eigenvalue weighted by molar-refractivity contribution is 7.93. The minimum Gasteiger partial charge on any atom is -0.206 e. The van der Waals surface area contributed by atoms with Crippen molar-refractivity contribution in [1.82, 2.24) is 0 Å². The summed E-state index contributed by atoms with van der Waals surface area (Å²) >= 11 is 11.2. The van der Waals surface area contributed by atoms with Gasteiger partial charge < -0.3 is 0 Å². The summed E-state index contributed by atoms with van der Waals surface area (Å²) in [5.74, 6) is 0. The Kier molecular flexibility index (Phi) is 2.81. The molecular formula is C7H3Cl2NO2S. The van der Waals surface area contributed by atoms with Crippen LogP contribution in [0.1, 0.15) is 0 Å². The van der Waals surface area contributed by atoms with Crippen molar-refractivity contribution in [1.29, 1.82) is 0 Å². The standard InChI is InChI=1S/C7H3Cl2NO2S/c1-10-13(11,12)6-4-2-3-5(8)7(6)9/h2-4H. The molecule has 0 radical (unpaired) electrons. The molecule has 0 saturated heterocycles. The predicted molar refractivity (Wildman–Crippen MR) is 50.2 cm³/mol. The average Bonchev–Trinajstić information content (AvgIpc) is 2.09. The minimum atomic E-state index is -3.98. The van der Waals surface area contributed by atoms with E-state index in [1.165, 1.54) is 18.2 Å². The van der Waals surface area contributed by atoms with Gasteiger partial charge in [-0.3, -0.25) is 0 Å². The van der Waals surface area contributed by atoms with E-state index < -0.39 is 10.0 Å². The number of hydrogen-bond donors (Lipinski definition) is 0. The van der Waals surface area contributed by atoms with Crippen LogP contribution >= 0.6 is 23.2 Å². The van der Waals surface area contributed by atoms with E-state index in [-0.39, 0.29) is 14.9 Å². The first kappa shape index (κ1) is 10.3. The van der Waals surface area contributed by atoms with E-state index in [4.69, 9.17) is 29.8 Å². The fourth-order valence-electron chi connectivity index (χ4n) is 0.732. The lowest BCUT2D eigenvalue weighted by atomic mass is 10.4. The highest BCUT2D eigenvalue weighted by Gasteiger charge is 2.23. The molecule has 0 bridgehead atoms. The maximum atomic E-state index is 11.1. The summed E-state index contributed by atoms with van der Waals surface area (Å²) in [6.07, 6.45) is 0. The molecule has 0 aliphatic rings. The molecule has 0 heterocycles. The van der Waals surface area contributed by atoms with Crippen molar-refractivity contribution in [2.75, 3.05) is 0 Å². The third-order valence-corrected chi connectivity index (χ3v) is 3.38. The highest BCUT2D eigenvalue weighted by atomic mass is 35.5. The zero-order valence-electron chi connectivity index (χ0n) is 6.16. The summed E-state index contributed by atoms with van der Waals surface area (Å²) in [6, 6.07) is 4.11. The molecule has 0 unspecified atom stereocenters. The number of nitrogens with zero attached hydrogens (tertiary/aromatic N) is 1. The fourth-order valence-corrected chi connectivity index (χ4v) is 2.07. The summed E-state index contributed by atoms with van der Waals surface area (Å²) in [4.78, 5) is -0.253. The van der Waals surface area contributed by atoms with E-state index in [1.807, 2.05) is 0 Å². The molecule has 13 heavy (non-hydrogen) atoms. The molecule has 0 atom stereocenters. The summed E-state index contributed by atoms with van der Waals surface area (Å²) < 4.78 is 24.6. The SMILES string of the molecule is [C-]#[N+]S(=O)(=O)c1cccc(Cl)c1Cl. The van der Waals surface area contributed by atoms with Crippen LogP contribution in [0, 0.1) is 6.57 Å². The lowest BCUT2D eigenvalue weighted by Crippen LogP contribution is -1.94. The molecular weight excluding hydrogens is 233 g/mol. The predicted octanol–water partition coefficient (Wildman–Crippen LogP) is 2.60. The van der Waals surface area contributed by atoms with Crippen molar-refractivity contribution in [2.24, 2.45) is 0 Å². The Morgan fingerprint density at radius 1 is 1.31 bits per heavy atom. The van der Waals surface area contributed by atoms with Gasteiger partial charge in [0.1, 0.15) is 0 Å². The van der Waals surface area contributed by atoms with Gasteiger partial charge in [-0.1, -0.05) is 29.3 Å². The second kappa shape index (κ2) is 3.54. The van der Waals surface area contributed by atoms with Crippen LogP contribution in [-0.4, -0.2) is 8.42 Å². The van der Waals surface area contributed by atoms with Crippen molar-refractivity contribution >= 4 is 33.2 Å². The molecule has 0 saturated carbocycles. The second-order valence-electron chi connectivity index (χ2n) is 2.12. The van der Waals surface area contributed by atoms with Gasteiger partial charge in [0.2, 0.25) is 0 Å². The number of hydrogen-bond acceptors (Lipinski definition) is 2. The number of halogens is 2. The first-order valence-corrected chi connectivity index (χ1v) is 5.26. The van der Waals surface area contributed by atoms with Gasteiger partial charge >= 0.3 is 10.0 Å². The summed E-state index contributed by atoms with van der Waals surface area (Å²) in [6.45, 7) is 6.45. The quantitative estimate of drug-likeness (QED) is 0.703. The normalized spacial score (nSPS) is 10.8. The molecule has 0 aliphatic heterocycles. The van der Waals surface area contributed by atoms with E-state index in [2.05, 4.69) is 4.25 Å². The van der Waals surface area contributed by atoms with Crippen molar-refractivity contribution < 1.29 is 8.42 Å². The van der Waals surface area contributed by atoms with Crippen molar-refractivity contribution in [3.05, 3.63) is 39.1 Å². The minimum absolute atomic E-state index is 0.111. The Balaban J connectivity index is 3.52. The lowest BCUT2D eigenvalue weighted by molar-refractivity contribution is 0.604. The van der Waals surface area contributed by atoms with Crippen molar-refractivity contribution in [3.63, 3.8) is 0 Å². The van der Waals surface area contributed by atoms with Crippen LogP contribution in [0.2, 0.25) is 10.0 Å². The van der Waals surface area contributed by atoms with Crippen molar-refractivity contribution in [3.8, 4) is 0 Å². The first-order chi connectivity index (χ1) is 5.99. The van der Waals surface area contributed by atoms with E-state index >= 15 is 0 Å². The Hall–Kier alpha value is -0.760. The lowest BCUT2D eigenvalue weighted by Gasteiger charge is -1.97. The molecule has 0 N–H and O–H groups in total. The maximum absolute atomic E-state index is 11.1. The molecule has 1 aromatic rings. The van der Waals surface area contributed by atoms with Crippen LogP contribution in [0.25, 0.3) is 4.25 Å². The zero-order valence-corrected chi connectivity index (χ0v) is 8.49. The Bertz CT molecular complexity index is 476. The second-order valence-corrected chi connectivity index (χ2v) is 4.48. The molecule has 1 aromatic carbocycles. The van der Waals surface area contributed by atoms with Crippen molar-refractivity contribution in [2.45, 2.75) is 4.90 Å². The van der Waals surface area contributed by atoms with Crippen LogP contribution in [0.4, 0.5) is 0 Å². The summed E-state index contributed by atoms with van der Waals surface area (Å²) in [7, 11) is -3.98. The van der Waals surface area contributed by atoms with Gasteiger partial charge in [0.25, 0.3) is 0 Å². The highest BCUT2D eigenvalue weighted by Crippen LogP contribution is 2.29. The molecule has 68 valence electrons. The summed E-state index contributed by atoms with van der Waals surface area (Å²) in [5.41, 5.74) is 0. The molecule has 0 amide bonds. The molecule has 6 heteroatoms. The van der Waals surface area contributed by atoms with Gasteiger partial charge in [-0.05, 0) is 12.1 Å². The van der Waals surface area contributed by atoms with Gasteiger partial charge in [0.15, 0.2) is 4.90 Å². The van der Waals surface area contributed by atoms with Gasteiger partial charge in [0.05, 0.1) is 10.0 Å². The number of rotatable bonds is 1. The molecule has 1 rings (SSSR count). The fraction of sp³-hybridized carbons (Fsp3) is 0. The molecule has 0 aromatic heterocycles. The first-order valence-electron chi connectivity index (χ1n) is 3.07. The van der Waals surface area contributed by atoms with Crippen LogP contribution in [0.5, 0.6) is 0 Å². The van der Waals surface area contributed by atoms with Gasteiger partial charge in [-0.15, -0.1) is 8.42 Å². The van der Waals surface area contributed by atoms with Crippen LogP contribution in [-0.2, 0) is 10.0 Å². The van der Waals surface area contributed by atoms with E-state index in [9.17, 15) is 8.42 Å². The van der Waals surface area contributed by atoms with Gasteiger partial charge in [-0.25, -0.2) is 6.57 Å². The Morgan fingerprint density at radius 2 is 1.92 bits per heavy atom. The van der Waals surface area contributed by atoms with Gasteiger partial charge in [-0.2, -0.15) is 4.25 Å². The van der Waals surface area contributed by atoms with Gasteiger partial charge in [0, 0.05) is 0 Å². The number of benzene rings is 1. The molecule has 0 aliphatic carbocycles. The zero-order chi connectivity index (χ0) is 10.1. The summed E-state index contributed by atoms with van der Waals surface area (Å²) in [5, 5.41) is 0.00607. The molecule has 3 nitrogen and oxygen atoms in total. The molecule has 0 fully saturated rings. The largest absolute Gasteiger partial charge is 0.470 e. The monoisotopic (exact) mass is 235 g/mol. The topological polar surface area (TPSA) is 38.5 Å². The smallest absolute Gasteiger partial charge is 0.206 e. The Labute approximate surface area is 85.8 Å². The van der Waals surface area contributed by atoms with Crippen LogP contribution in [0.15, 0.2) is 23.1 Å².